The first-order valence-electron chi connectivity index (χ1n) is 5.61. The van der Waals surface area contributed by atoms with E-state index in [9.17, 15) is 8.42 Å². The summed E-state index contributed by atoms with van der Waals surface area (Å²) in [4.78, 5) is 0. The molecule has 0 amide bonds. The van der Waals surface area contributed by atoms with Crippen LogP contribution in [0.3, 0.4) is 0 Å². The molecule has 0 saturated heterocycles. The van der Waals surface area contributed by atoms with E-state index in [0.29, 0.717) is 6.42 Å². The molecule has 0 fully saturated rings. The standard InChI is InChI=1S/C11H19NO5S/c1-11(2,5-6-13)8-12-18(15,16)10-4-3-9(7-14)17-10/h3-4,12-14H,5-8H2,1-2H3. The highest BCUT2D eigenvalue weighted by atomic mass is 32.2. The molecule has 0 aromatic carbocycles. The van der Waals surface area contributed by atoms with Crippen LogP contribution in [0.5, 0.6) is 0 Å². The van der Waals surface area contributed by atoms with Crippen molar-refractivity contribution in [3.8, 4) is 0 Å². The Bertz CT molecular complexity index is 477. The zero-order valence-electron chi connectivity index (χ0n) is 10.5. The van der Waals surface area contributed by atoms with E-state index in [1.54, 1.807) is 0 Å². The van der Waals surface area contributed by atoms with E-state index in [2.05, 4.69) is 4.72 Å². The van der Waals surface area contributed by atoms with Gasteiger partial charge in [-0.1, -0.05) is 13.8 Å². The molecule has 7 heteroatoms. The molecule has 0 unspecified atom stereocenters. The zero-order valence-corrected chi connectivity index (χ0v) is 11.3. The number of sulfonamides is 1. The predicted octanol–water partition coefficient (Wildman–Crippen LogP) is 0.459. The lowest BCUT2D eigenvalue weighted by atomic mass is 9.90. The molecule has 3 N–H and O–H groups in total. The van der Waals surface area contributed by atoms with Crippen LogP contribution in [-0.4, -0.2) is 31.8 Å². The van der Waals surface area contributed by atoms with Crippen LogP contribution < -0.4 is 4.72 Å². The van der Waals surface area contributed by atoms with Crippen LogP contribution >= 0.6 is 0 Å². The summed E-state index contributed by atoms with van der Waals surface area (Å²) in [5.74, 6) is 0.199. The molecule has 18 heavy (non-hydrogen) atoms. The zero-order chi connectivity index (χ0) is 13.8. The molecule has 104 valence electrons. The third-order valence-electron chi connectivity index (χ3n) is 2.59. The van der Waals surface area contributed by atoms with Crippen molar-refractivity contribution in [2.75, 3.05) is 13.2 Å². The van der Waals surface area contributed by atoms with Crippen molar-refractivity contribution in [3.05, 3.63) is 17.9 Å². The Morgan fingerprint density at radius 2 is 2.00 bits per heavy atom. The first-order chi connectivity index (χ1) is 8.30. The van der Waals surface area contributed by atoms with Crippen LogP contribution in [0.2, 0.25) is 0 Å². The monoisotopic (exact) mass is 277 g/mol. The molecular weight excluding hydrogens is 258 g/mol. The Morgan fingerprint density at radius 3 is 2.50 bits per heavy atom. The Kier molecular flexibility index (Phi) is 4.92. The lowest BCUT2D eigenvalue weighted by Gasteiger charge is -2.23. The second-order valence-electron chi connectivity index (χ2n) is 4.84. The number of rotatable bonds is 7. The molecule has 0 atom stereocenters. The second kappa shape index (κ2) is 5.83. The largest absolute Gasteiger partial charge is 0.446 e. The quantitative estimate of drug-likeness (QED) is 0.672. The highest BCUT2D eigenvalue weighted by molar-refractivity contribution is 7.89. The van der Waals surface area contributed by atoms with Gasteiger partial charge < -0.3 is 14.6 Å². The van der Waals surface area contributed by atoms with Gasteiger partial charge in [0, 0.05) is 13.2 Å². The van der Waals surface area contributed by atoms with E-state index in [1.807, 2.05) is 13.8 Å². The van der Waals surface area contributed by atoms with Gasteiger partial charge in [0.1, 0.15) is 12.4 Å². The molecule has 0 saturated carbocycles. The summed E-state index contributed by atoms with van der Waals surface area (Å²) in [6, 6.07) is 2.71. The first-order valence-corrected chi connectivity index (χ1v) is 7.09. The second-order valence-corrected chi connectivity index (χ2v) is 6.54. The fourth-order valence-electron chi connectivity index (χ4n) is 1.34. The average molecular weight is 277 g/mol. The van der Waals surface area contributed by atoms with Gasteiger partial charge in [0.2, 0.25) is 5.09 Å². The van der Waals surface area contributed by atoms with Crippen LogP contribution in [0.4, 0.5) is 0 Å². The molecule has 0 aliphatic heterocycles. The minimum atomic E-state index is -3.71. The molecule has 0 bridgehead atoms. The van der Waals surface area contributed by atoms with Crippen molar-refractivity contribution in [1.29, 1.82) is 0 Å². The average Bonchev–Trinajstić information content (AvgIpc) is 2.76. The molecule has 0 radical (unpaired) electrons. The molecule has 1 aromatic rings. The Balaban J connectivity index is 2.71. The van der Waals surface area contributed by atoms with Gasteiger partial charge in [0.05, 0.1) is 0 Å². The maximum absolute atomic E-state index is 11.9. The third-order valence-corrected chi connectivity index (χ3v) is 3.86. The lowest BCUT2D eigenvalue weighted by molar-refractivity contribution is 0.212. The Hall–Kier alpha value is -0.890. The van der Waals surface area contributed by atoms with Crippen molar-refractivity contribution in [1.82, 2.24) is 4.72 Å². The van der Waals surface area contributed by atoms with E-state index in [1.165, 1.54) is 12.1 Å². The van der Waals surface area contributed by atoms with Gasteiger partial charge in [-0.05, 0) is 24.0 Å². The SMILES string of the molecule is CC(C)(CCO)CNS(=O)(=O)c1ccc(CO)o1. The van der Waals surface area contributed by atoms with Gasteiger partial charge in [-0.3, -0.25) is 0 Å². The van der Waals surface area contributed by atoms with Gasteiger partial charge >= 0.3 is 0 Å². The Labute approximate surface area is 107 Å². The molecule has 1 aromatic heterocycles. The van der Waals surface area contributed by atoms with Gasteiger partial charge in [-0.15, -0.1) is 0 Å². The van der Waals surface area contributed by atoms with Gasteiger partial charge in [0.25, 0.3) is 10.0 Å². The van der Waals surface area contributed by atoms with Crippen LogP contribution in [0, 0.1) is 5.41 Å². The molecular formula is C11H19NO5S. The van der Waals surface area contributed by atoms with Gasteiger partial charge in [-0.2, -0.15) is 0 Å². The summed E-state index contributed by atoms with van der Waals surface area (Å²) in [6.45, 7) is 3.57. The number of hydrogen-bond acceptors (Lipinski definition) is 5. The number of hydrogen-bond donors (Lipinski definition) is 3. The summed E-state index contributed by atoms with van der Waals surface area (Å²) >= 11 is 0. The van der Waals surface area contributed by atoms with Crippen molar-refractivity contribution < 1.29 is 23.0 Å². The summed E-state index contributed by atoms with van der Waals surface area (Å²) in [6.07, 6.45) is 0.496. The summed E-state index contributed by atoms with van der Waals surface area (Å²) < 4.78 is 31.1. The topological polar surface area (TPSA) is 99.8 Å². The number of aliphatic hydroxyl groups is 2. The van der Waals surface area contributed by atoms with Crippen molar-refractivity contribution >= 4 is 10.0 Å². The summed E-state index contributed by atoms with van der Waals surface area (Å²) in [7, 11) is -3.71. The van der Waals surface area contributed by atoms with E-state index in [0.717, 1.165) is 0 Å². The van der Waals surface area contributed by atoms with Crippen LogP contribution in [0.15, 0.2) is 21.6 Å². The smallest absolute Gasteiger partial charge is 0.273 e. The normalized spacial score (nSPS) is 12.9. The Morgan fingerprint density at radius 1 is 1.33 bits per heavy atom. The lowest BCUT2D eigenvalue weighted by Crippen LogP contribution is -2.34. The van der Waals surface area contributed by atoms with Gasteiger partial charge in [-0.25, -0.2) is 13.1 Å². The highest BCUT2D eigenvalue weighted by Gasteiger charge is 2.24. The van der Waals surface area contributed by atoms with E-state index >= 15 is 0 Å². The molecule has 0 spiro atoms. The minimum Gasteiger partial charge on any atom is -0.446 e. The van der Waals surface area contributed by atoms with Gasteiger partial charge in [0.15, 0.2) is 0 Å². The molecule has 6 nitrogen and oxygen atoms in total. The van der Waals surface area contributed by atoms with E-state index < -0.39 is 10.0 Å². The van der Waals surface area contributed by atoms with E-state index in [-0.39, 0.29) is 36.0 Å². The maximum atomic E-state index is 11.9. The van der Waals surface area contributed by atoms with Crippen molar-refractivity contribution in [2.45, 2.75) is 32.0 Å². The number of nitrogens with one attached hydrogen (secondary N) is 1. The maximum Gasteiger partial charge on any atom is 0.273 e. The van der Waals surface area contributed by atoms with Crippen LogP contribution in [0.1, 0.15) is 26.0 Å². The number of furan rings is 1. The van der Waals surface area contributed by atoms with Crippen molar-refractivity contribution in [2.24, 2.45) is 5.41 Å². The third kappa shape index (κ3) is 4.09. The first kappa shape index (κ1) is 15.2. The molecule has 1 rings (SSSR count). The fourth-order valence-corrected chi connectivity index (χ4v) is 2.53. The van der Waals surface area contributed by atoms with E-state index in [4.69, 9.17) is 14.6 Å². The molecule has 1 heterocycles. The fraction of sp³-hybridized carbons (Fsp3) is 0.636. The highest BCUT2D eigenvalue weighted by Crippen LogP contribution is 2.20. The molecule has 0 aliphatic rings. The van der Waals surface area contributed by atoms with Crippen LogP contribution in [-0.2, 0) is 16.6 Å². The number of aliphatic hydroxyl groups excluding tert-OH is 2. The van der Waals surface area contributed by atoms with Crippen LogP contribution in [0.25, 0.3) is 0 Å². The summed E-state index contributed by atoms with van der Waals surface area (Å²) in [5, 5.41) is 17.5. The minimum absolute atomic E-state index is 0.00411. The molecule has 0 aliphatic carbocycles. The van der Waals surface area contributed by atoms with Crippen molar-refractivity contribution in [3.63, 3.8) is 0 Å². The predicted molar refractivity (Wildman–Crippen MR) is 65.3 cm³/mol. The summed E-state index contributed by atoms with van der Waals surface area (Å²) in [5.41, 5.74) is -0.339.